The Hall–Kier alpha value is -1.46. The predicted molar refractivity (Wildman–Crippen MR) is 74.5 cm³/mol. The van der Waals surface area contributed by atoms with Crippen LogP contribution in [-0.2, 0) is 0 Å². The summed E-state index contributed by atoms with van der Waals surface area (Å²) in [5.41, 5.74) is 0.838. The fraction of sp³-hybridized carbons (Fsp3) is 0.385. The summed E-state index contributed by atoms with van der Waals surface area (Å²) in [6.45, 7) is 1.90. The van der Waals surface area contributed by atoms with Gasteiger partial charge in [0.25, 0.3) is 5.56 Å². The zero-order valence-corrected chi connectivity index (χ0v) is 11.0. The van der Waals surface area contributed by atoms with Crippen molar-refractivity contribution in [3.8, 4) is 0 Å². The highest BCUT2D eigenvalue weighted by molar-refractivity contribution is 7.71. The molecule has 1 aromatic carbocycles. The lowest BCUT2D eigenvalue weighted by molar-refractivity contribution is 0.388. The normalized spacial score (nSPS) is 20.6. The average molecular weight is 261 g/mol. The number of likely N-dealkylation sites (N-methyl/N-ethyl adjacent to an activating group) is 1. The van der Waals surface area contributed by atoms with Crippen LogP contribution in [0.25, 0.3) is 10.9 Å². The van der Waals surface area contributed by atoms with Crippen LogP contribution in [0, 0.1) is 4.77 Å². The van der Waals surface area contributed by atoms with Gasteiger partial charge >= 0.3 is 0 Å². The van der Waals surface area contributed by atoms with Crippen molar-refractivity contribution in [2.75, 3.05) is 20.1 Å². The van der Waals surface area contributed by atoms with Gasteiger partial charge in [0, 0.05) is 6.54 Å². The molecule has 0 amide bonds. The van der Waals surface area contributed by atoms with E-state index in [-0.39, 0.29) is 11.6 Å². The summed E-state index contributed by atoms with van der Waals surface area (Å²) < 4.78 is 2.26. The number of benzene rings is 1. The number of hydrogen-bond donors (Lipinski definition) is 1. The Labute approximate surface area is 110 Å². The molecule has 0 radical (unpaired) electrons. The standard InChI is InChI=1S/C13H15N3OS/c1-15-7-6-9(8-15)16-12(17)10-4-2-3-5-11(10)14-13(16)18/h2-5,9H,6-8H2,1H3,(H,14,18). The van der Waals surface area contributed by atoms with Crippen LogP contribution in [0.3, 0.4) is 0 Å². The molecule has 18 heavy (non-hydrogen) atoms. The number of nitrogens with zero attached hydrogens (tertiary/aromatic N) is 2. The molecule has 1 saturated heterocycles. The number of aromatic amines is 1. The number of para-hydroxylation sites is 1. The molecule has 1 N–H and O–H groups in total. The van der Waals surface area contributed by atoms with Gasteiger partial charge in [-0.3, -0.25) is 9.36 Å². The Balaban J connectivity index is 2.24. The van der Waals surface area contributed by atoms with Gasteiger partial charge in [-0.15, -0.1) is 0 Å². The molecule has 0 aliphatic carbocycles. The van der Waals surface area contributed by atoms with Gasteiger partial charge in [0.05, 0.1) is 16.9 Å². The molecule has 0 spiro atoms. The summed E-state index contributed by atoms with van der Waals surface area (Å²) in [6.07, 6.45) is 0.978. The van der Waals surface area contributed by atoms with E-state index >= 15 is 0 Å². The Morgan fingerprint density at radius 2 is 2.17 bits per heavy atom. The molecule has 5 heteroatoms. The monoisotopic (exact) mass is 261 g/mol. The summed E-state index contributed by atoms with van der Waals surface area (Å²) in [5, 5.41) is 0.709. The molecule has 4 nitrogen and oxygen atoms in total. The van der Waals surface area contributed by atoms with Crippen LogP contribution in [0.4, 0.5) is 0 Å². The smallest absolute Gasteiger partial charge is 0.262 e. The maximum Gasteiger partial charge on any atom is 0.262 e. The molecule has 94 valence electrons. The second kappa shape index (κ2) is 4.33. The molecule has 0 saturated carbocycles. The van der Waals surface area contributed by atoms with Crippen LogP contribution in [0.2, 0.25) is 0 Å². The van der Waals surface area contributed by atoms with Crippen LogP contribution in [0.5, 0.6) is 0 Å². The predicted octanol–water partition coefficient (Wildman–Crippen LogP) is 1.94. The summed E-state index contributed by atoms with van der Waals surface area (Å²) >= 11 is 5.33. The molecule has 3 rings (SSSR count). The number of rotatable bonds is 1. The molecule has 1 atom stereocenters. The first-order chi connectivity index (χ1) is 8.66. The molecule has 1 aliphatic heterocycles. The van der Waals surface area contributed by atoms with Crippen LogP contribution < -0.4 is 5.56 Å². The molecule has 1 fully saturated rings. The summed E-state index contributed by atoms with van der Waals surface area (Å²) in [4.78, 5) is 17.9. The van der Waals surface area contributed by atoms with Gasteiger partial charge < -0.3 is 9.88 Å². The largest absolute Gasteiger partial charge is 0.332 e. The average Bonchev–Trinajstić information content (AvgIpc) is 2.76. The van der Waals surface area contributed by atoms with Gasteiger partial charge in [-0.05, 0) is 44.4 Å². The van der Waals surface area contributed by atoms with Gasteiger partial charge in [0.1, 0.15) is 0 Å². The number of nitrogens with one attached hydrogen (secondary N) is 1. The lowest BCUT2D eigenvalue weighted by Gasteiger charge is -2.15. The molecule has 1 unspecified atom stereocenters. The minimum absolute atomic E-state index is 0.0228. The second-order valence-corrected chi connectivity index (χ2v) is 5.24. The van der Waals surface area contributed by atoms with Crippen LogP contribution in [0.1, 0.15) is 12.5 Å². The minimum atomic E-state index is 0.0228. The van der Waals surface area contributed by atoms with E-state index in [1.165, 1.54) is 0 Å². The quantitative estimate of drug-likeness (QED) is 0.798. The fourth-order valence-corrected chi connectivity index (χ4v) is 2.97. The maximum atomic E-state index is 12.5. The van der Waals surface area contributed by atoms with Crippen molar-refractivity contribution in [2.24, 2.45) is 0 Å². The van der Waals surface area contributed by atoms with E-state index in [1.54, 1.807) is 4.57 Å². The second-order valence-electron chi connectivity index (χ2n) is 4.86. The third kappa shape index (κ3) is 1.79. The molecule has 2 heterocycles. The third-order valence-electron chi connectivity index (χ3n) is 3.57. The Kier molecular flexibility index (Phi) is 2.80. The van der Waals surface area contributed by atoms with Gasteiger partial charge in [-0.25, -0.2) is 0 Å². The SMILES string of the molecule is CN1CCC(n2c(=S)[nH]c3ccccc3c2=O)C1. The maximum absolute atomic E-state index is 12.5. The van der Waals surface area contributed by atoms with Crippen LogP contribution >= 0.6 is 12.2 Å². The van der Waals surface area contributed by atoms with Crippen molar-refractivity contribution in [2.45, 2.75) is 12.5 Å². The third-order valence-corrected chi connectivity index (χ3v) is 3.87. The van der Waals surface area contributed by atoms with E-state index < -0.39 is 0 Å². The van der Waals surface area contributed by atoms with Crippen LogP contribution in [-0.4, -0.2) is 34.6 Å². The number of aromatic nitrogens is 2. The highest BCUT2D eigenvalue weighted by atomic mass is 32.1. The minimum Gasteiger partial charge on any atom is -0.332 e. The molecule has 2 aromatic rings. The Morgan fingerprint density at radius 1 is 1.39 bits per heavy atom. The van der Waals surface area contributed by atoms with Crippen molar-refractivity contribution in [1.82, 2.24) is 14.5 Å². The van der Waals surface area contributed by atoms with E-state index in [1.807, 2.05) is 24.3 Å². The molecular formula is C13H15N3OS. The van der Waals surface area contributed by atoms with E-state index in [9.17, 15) is 4.79 Å². The lowest BCUT2D eigenvalue weighted by Crippen LogP contribution is -2.28. The van der Waals surface area contributed by atoms with Gasteiger partial charge in [0.2, 0.25) is 0 Å². The first-order valence-electron chi connectivity index (χ1n) is 6.09. The number of hydrogen-bond acceptors (Lipinski definition) is 3. The van der Waals surface area contributed by atoms with Crippen molar-refractivity contribution >= 4 is 23.1 Å². The highest BCUT2D eigenvalue weighted by Gasteiger charge is 2.23. The molecule has 1 aliphatic rings. The summed E-state index contributed by atoms with van der Waals surface area (Å²) in [6, 6.07) is 7.71. The van der Waals surface area contributed by atoms with E-state index in [2.05, 4.69) is 16.9 Å². The molecule has 1 aromatic heterocycles. The molecule has 0 bridgehead atoms. The van der Waals surface area contributed by atoms with E-state index in [4.69, 9.17) is 12.2 Å². The lowest BCUT2D eigenvalue weighted by atomic mass is 10.2. The van der Waals surface area contributed by atoms with E-state index in [0.717, 1.165) is 25.0 Å². The summed E-state index contributed by atoms with van der Waals surface area (Å²) in [7, 11) is 2.07. The zero-order valence-electron chi connectivity index (χ0n) is 10.2. The Bertz CT molecular complexity index is 703. The van der Waals surface area contributed by atoms with Gasteiger partial charge in [-0.1, -0.05) is 12.1 Å². The Morgan fingerprint density at radius 3 is 2.89 bits per heavy atom. The number of H-pyrrole nitrogens is 1. The van der Waals surface area contributed by atoms with Crippen molar-refractivity contribution in [1.29, 1.82) is 0 Å². The number of likely N-dealkylation sites (tertiary alicyclic amines) is 1. The van der Waals surface area contributed by atoms with Crippen molar-refractivity contribution in [3.63, 3.8) is 0 Å². The number of fused-ring (bicyclic) bond motifs is 1. The van der Waals surface area contributed by atoms with Crippen molar-refractivity contribution in [3.05, 3.63) is 39.4 Å². The first kappa shape index (κ1) is 11.6. The fourth-order valence-electron chi connectivity index (χ4n) is 2.63. The van der Waals surface area contributed by atoms with Crippen molar-refractivity contribution < 1.29 is 0 Å². The van der Waals surface area contributed by atoms with Crippen LogP contribution in [0.15, 0.2) is 29.1 Å². The topological polar surface area (TPSA) is 41.0 Å². The first-order valence-corrected chi connectivity index (χ1v) is 6.50. The molecular weight excluding hydrogens is 246 g/mol. The van der Waals surface area contributed by atoms with E-state index in [0.29, 0.717) is 10.2 Å². The highest BCUT2D eigenvalue weighted by Crippen LogP contribution is 2.19. The van der Waals surface area contributed by atoms with Gasteiger partial charge in [0.15, 0.2) is 4.77 Å². The summed E-state index contributed by atoms with van der Waals surface area (Å²) in [5.74, 6) is 0. The van der Waals surface area contributed by atoms with Gasteiger partial charge in [-0.2, -0.15) is 0 Å². The zero-order chi connectivity index (χ0) is 12.7.